The molecule has 124 valence electrons. The van der Waals surface area contributed by atoms with Crippen LogP contribution in [-0.2, 0) is 5.41 Å². The third kappa shape index (κ3) is 4.99. The molecule has 1 saturated carbocycles. The van der Waals surface area contributed by atoms with Crippen molar-refractivity contribution in [1.82, 2.24) is 5.32 Å². The molecule has 1 aliphatic rings. The molecule has 0 spiro atoms. The second-order valence-corrected chi connectivity index (χ2v) is 7.60. The van der Waals surface area contributed by atoms with Crippen molar-refractivity contribution >= 4 is 0 Å². The van der Waals surface area contributed by atoms with E-state index in [1.165, 1.54) is 36.8 Å². The summed E-state index contributed by atoms with van der Waals surface area (Å²) in [5, 5.41) is 13.6. The molecule has 0 heterocycles. The van der Waals surface area contributed by atoms with E-state index in [-0.39, 0.29) is 5.41 Å². The maximum absolute atomic E-state index is 10.1. The Hall–Kier alpha value is -1.06. The SMILES string of the molecule is Cc1ccc(OC[C@@H](O)CNC2CCCC2)c(C(C)(C)C)c1. The molecule has 0 radical (unpaired) electrons. The molecule has 3 heteroatoms. The lowest BCUT2D eigenvalue weighted by Gasteiger charge is -2.24. The fraction of sp³-hybridized carbons (Fsp3) is 0.684. The lowest BCUT2D eigenvalue weighted by molar-refractivity contribution is 0.102. The van der Waals surface area contributed by atoms with E-state index in [0.29, 0.717) is 19.2 Å². The molecule has 1 fully saturated rings. The Morgan fingerprint density at radius 2 is 1.95 bits per heavy atom. The summed E-state index contributed by atoms with van der Waals surface area (Å²) in [6, 6.07) is 6.85. The topological polar surface area (TPSA) is 41.5 Å². The van der Waals surface area contributed by atoms with E-state index in [2.05, 4.69) is 45.1 Å². The molecule has 0 bridgehead atoms. The van der Waals surface area contributed by atoms with Gasteiger partial charge < -0.3 is 15.2 Å². The second kappa shape index (κ2) is 7.47. The average molecular weight is 305 g/mol. The molecule has 1 atom stereocenters. The minimum Gasteiger partial charge on any atom is -0.491 e. The highest BCUT2D eigenvalue weighted by Gasteiger charge is 2.20. The van der Waals surface area contributed by atoms with Crippen LogP contribution in [0, 0.1) is 6.92 Å². The molecule has 1 aromatic carbocycles. The first-order valence-electron chi connectivity index (χ1n) is 8.51. The van der Waals surface area contributed by atoms with Crippen LogP contribution in [0.15, 0.2) is 18.2 Å². The fourth-order valence-electron chi connectivity index (χ4n) is 3.03. The summed E-state index contributed by atoms with van der Waals surface area (Å²) in [7, 11) is 0. The Morgan fingerprint density at radius 1 is 1.27 bits per heavy atom. The van der Waals surface area contributed by atoms with Crippen molar-refractivity contribution in [3.63, 3.8) is 0 Å². The molecule has 0 aromatic heterocycles. The highest BCUT2D eigenvalue weighted by Crippen LogP contribution is 2.32. The van der Waals surface area contributed by atoms with Crippen LogP contribution in [0.4, 0.5) is 0 Å². The standard InChI is InChI=1S/C19H31NO2/c1-14-9-10-18(17(11-14)19(2,3)4)22-13-16(21)12-20-15-7-5-6-8-15/h9-11,15-16,20-21H,5-8,12-13H2,1-4H3/t16-/m0/s1. The van der Waals surface area contributed by atoms with E-state index >= 15 is 0 Å². The minimum absolute atomic E-state index is 0.0361. The van der Waals surface area contributed by atoms with Crippen molar-refractivity contribution in [2.45, 2.75) is 70.9 Å². The first kappa shape index (κ1) is 17.3. The number of ether oxygens (including phenoxy) is 1. The Kier molecular flexibility index (Phi) is 5.87. The zero-order valence-corrected chi connectivity index (χ0v) is 14.5. The van der Waals surface area contributed by atoms with E-state index < -0.39 is 6.10 Å². The summed E-state index contributed by atoms with van der Waals surface area (Å²) in [5.41, 5.74) is 2.47. The third-order valence-corrected chi connectivity index (χ3v) is 4.37. The minimum atomic E-state index is -0.463. The lowest BCUT2D eigenvalue weighted by Crippen LogP contribution is -2.36. The van der Waals surface area contributed by atoms with Crippen molar-refractivity contribution in [2.24, 2.45) is 0 Å². The van der Waals surface area contributed by atoms with Crippen LogP contribution in [0.1, 0.15) is 57.6 Å². The van der Waals surface area contributed by atoms with Gasteiger partial charge in [0.15, 0.2) is 0 Å². The summed E-state index contributed by atoms with van der Waals surface area (Å²) >= 11 is 0. The van der Waals surface area contributed by atoms with Crippen molar-refractivity contribution in [2.75, 3.05) is 13.2 Å². The summed E-state index contributed by atoms with van der Waals surface area (Å²) < 4.78 is 5.91. The van der Waals surface area contributed by atoms with E-state index in [1.54, 1.807) is 0 Å². The van der Waals surface area contributed by atoms with Gasteiger partial charge in [-0.15, -0.1) is 0 Å². The predicted molar refractivity (Wildman–Crippen MR) is 91.6 cm³/mol. The zero-order chi connectivity index (χ0) is 16.2. The van der Waals surface area contributed by atoms with Crippen molar-refractivity contribution < 1.29 is 9.84 Å². The predicted octanol–water partition coefficient (Wildman–Crippen LogP) is 3.56. The van der Waals surface area contributed by atoms with Gasteiger partial charge in [-0.3, -0.25) is 0 Å². The Labute approximate surface area is 135 Å². The smallest absolute Gasteiger partial charge is 0.123 e. The van der Waals surface area contributed by atoms with Crippen LogP contribution >= 0.6 is 0 Å². The molecule has 3 nitrogen and oxygen atoms in total. The Morgan fingerprint density at radius 3 is 2.59 bits per heavy atom. The van der Waals surface area contributed by atoms with Gasteiger partial charge in [0.25, 0.3) is 0 Å². The van der Waals surface area contributed by atoms with Crippen LogP contribution < -0.4 is 10.1 Å². The highest BCUT2D eigenvalue weighted by atomic mass is 16.5. The highest BCUT2D eigenvalue weighted by molar-refractivity contribution is 5.41. The molecule has 2 N–H and O–H groups in total. The summed E-state index contributed by atoms with van der Waals surface area (Å²) in [6.45, 7) is 9.61. The summed E-state index contributed by atoms with van der Waals surface area (Å²) in [6.07, 6.45) is 4.62. The molecule has 0 saturated heterocycles. The van der Waals surface area contributed by atoms with Crippen molar-refractivity contribution in [3.8, 4) is 5.75 Å². The molecule has 2 rings (SSSR count). The van der Waals surface area contributed by atoms with E-state index in [0.717, 1.165) is 5.75 Å². The second-order valence-electron chi connectivity index (χ2n) is 7.60. The molecule has 1 aliphatic carbocycles. The normalized spacial score (nSPS) is 17.7. The number of benzene rings is 1. The monoisotopic (exact) mass is 305 g/mol. The van der Waals surface area contributed by atoms with Gasteiger partial charge in [0.05, 0.1) is 0 Å². The van der Waals surface area contributed by atoms with Crippen LogP contribution in [0.5, 0.6) is 5.75 Å². The van der Waals surface area contributed by atoms with Crippen LogP contribution in [0.2, 0.25) is 0 Å². The molecular formula is C19H31NO2. The summed E-state index contributed by atoms with van der Waals surface area (Å²) in [4.78, 5) is 0. The largest absolute Gasteiger partial charge is 0.491 e. The van der Waals surface area contributed by atoms with Gasteiger partial charge >= 0.3 is 0 Å². The maximum atomic E-state index is 10.1. The summed E-state index contributed by atoms with van der Waals surface area (Å²) in [5.74, 6) is 0.887. The van der Waals surface area contributed by atoms with Gasteiger partial charge in [-0.25, -0.2) is 0 Å². The van der Waals surface area contributed by atoms with E-state index in [9.17, 15) is 5.11 Å². The number of nitrogens with one attached hydrogen (secondary N) is 1. The number of rotatable bonds is 6. The molecule has 22 heavy (non-hydrogen) atoms. The quantitative estimate of drug-likeness (QED) is 0.844. The van der Waals surface area contributed by atoms with Crippen LogP contribution in [0.3, 0.4) is 0 Å². The molecule has 0 unspecified atom stereocenters. The number of hydrogen-bond donors (Lipinski definition) is 2. The number of hydrogen-bond acceptors (Lipinski definition) is 3. The Bertz CT molecular complexity index is 473. The van der Waals surface area contributed by atoms with Gasteiger partial charge in [0, 0.05) is 12.6 Å². The van der Waals surface area contributed by atoms with Gasteiger partial charge in [-0.05, 0) is 36.8 Å². The lowest BCUT2D eigenvalue weighted by atomic mass is 9.85. The number of aryl methyl sites for hydroxylation is 1. The van der Waals surface area contributed by atoms with Gasteiger partial charge in [-0.1, -0.05) is 51.3 Å². The van der Waals surface area contributed by atoms with Gasteiger partial charge in [0.1, 0.15) is 18.5 Å². The number of aliphatic hydroxyl groups excluding tert-OH is 1. The van der Waals surface area contributed by atoms with Crippen LogP contribution in [-0.4, -0.2) is 30.4 Å². The number of aliphatic hydroxyl groups is 1. The fourth-order valence-corrected chi connectivity index (χ4v) is 3.03. The zero-order valence-electron chi connectivity index (χ0n) is 14.5. The molecular weight excluding hydrogens is 274 g/mol. The van der Waals surface area contributed by atoms with Crippen molar-refractivity contribution in [1.29, 1.82) is 0 Å². The van der Waals surface area contributed by atoms with E-state index in [1.807, 2.05) is 6.07 Å². The van der Waals surface area contributed by atoms with Crippen LogP contribution in [0.25, 0.3) is 0 Å². The molecule has 0 aliphatic heterocycles. The Balaban J connectivity index is 1.87. The first-order valence-corrected chi connectivity index (χ1v) is 8.51. The average Bonchev–Trinajstić information content (AvgIpc) is 2.96. The van der Waals surface area contributed by atoms with Crippen molar-refractivity contribution in [3.05, 3.63) is 29.3 Å². The maximum Gasteiger partial charge on any atom is 0.123 e. The van der Waals surface area contributed by atoms with E-state index in [4.69, 9.17) is 4.74 Å². The van der Waals surface area contributed by atoms with Gasteiger partial charge in [0.2, 0.25) is 0 Å². The molecule has 0 amide bonds. The van der Waals surface area contributed by atoms with Gasteiger partial charge in [-0.2, -0.15) is 0 Å². The third-order valence-electron chi connectivity index (χ3n) is 4.37. The molecule has 1 aromatic rings. The first-order chi connectivity index (χ1) is 10.4.